The van der Waals surface area contributed by atoms with Crippen LogP contribution in [0, 0.1) is 0 Å². The third kappa shape index (κ3) is 4.35. The second-order valence-electron chi connectivity index (χ2n) is 6.88. The Labute approximate surface area is 171 Å². The number of anilines is 2. The highest BCUT2D eigenvalue weighted by Gasteiger charge is 2.35. The van der Waals surface area contributed by atoms with Gasteiger partial charge in [-0.2, -0.15) is 13.2 Å². The number of amides is 1. The van der Waals surface area contributed by atoms with Crippen molar-refractivity contribution in [3.8, 4) is 0 Å². The first kappa shape index (κ1) is 21.4. The van der Waals surface area contributed by atoms with Crippen molar-refractivity contribution in [2.24, 2.45) is 0 Å². The van der Waals surface area contributed by atoms with Gasteiger partial charge in [0.05, 0.1) is 22.5 Å². The minimum Gasteiger partial charge on any atom is -0.307 e. The lowest BCUT2D eigenvalue weighted by Gasteiger charge is -2.28. The Balaban J connectivity index is 1.99. The Bertz CT molecular complexity index is 1060. The van der Waals surface area contributed by atoms with Gasteiger partial charge >= 0.3 is 6.18 Å². The summed E-state index contributed by atoms with van der Waals surface area (Å²) in [5.74, 6) is -0.554. The molecule has 0 saturated heterocycles. The second-order valence-corrected chi connectivity index (χ2v) is 9.19. The van der Waals surface area contributed by atoms with Crippen molar-refractivity contribution in [3.05, 3.63) is 58.6 Å². The number of halogens is 4. The molecule has 0 saturated carbocycles. The summed E-state index contributed by atoms with van der Waals surface area (Å²) in [6.07, 6.45) is -3.27. The fourth-order valence-corrected chi connectivity index (χ4v) is 4.53. The van der Waals surface area contributed by atoms with Gasteiger partial charge in [-0.05, 0) is 43.2 Å². The van der Waals surface area contributed by atoms with Crippen LogP contribution in [0.1, 0.15) is 18.1 Å². The monoisotopic (exact) mass is 446 g/mol. The highest BCUT2D eigenvalue weighted by Crippen LogP contribution is 2.37. The normalized spacial score (nSPS) is 16.6. The maximum Gasteiger partial charge on any atom is 0.416 e. The smallest absolute Gasteiger partial charge is 0.307 e. The number of hydrogen-bond acceptors (Lipinski definition) is 3. The molecule has 3 rings (SSSR count). The number of benzene rings is 2. The van der Waals surface area contributed by atoms with Crippen molar-refractivity contribution in [1.82, 2.24) is 0 Å². The van der Waals surface area contributed by atoms with Gasteiger partial charge in [-0.1, -0.05) is 29.8 Å². The van der Waals surface area contributed by atoms with Crippen LogP contribution in [-0.2, 0) is 27.4 Å². The maximum atomic E-state index is 13.1. The van der Waals surface area contributed by atoms with Crippen molar-refractivity contribution in [2.75, 3.05) is 22.0 Å². The SMILES string of the molecule is C[C@H]1Cc2ccccc2N1C(=O)CN(c1cc(C(F)(F)F)ccc1Cl)S(C)(=O)=O. The first-order valence-electron chi connectivity index (χ1n) is 8.64. The average molecular weight is 447 g/mol. The Hall–Kier alpha value is -2.26. The summed E-state index contributed by atoms with van der Waals surface area (Å²) in [6.45, 7) is 1.15. The Morgan fingerprint density at radius 2 is 1.90 bits per heavy atom. The Morgan fingerprint density at radius 1 is 1.24 bits per heavy atom. The van der Waals surface area contributed by atoms with E-state index in [0.29, 0.717) is 22.5 Å². The average Bonchev–Trinajstić information content (AvgIpc) is 2.94. The second kappa shape index (κ2) is 7.53. The summed E-state index contributed by atoms with van der Waals surface area (Å²) in [5, 5.41) is -0.203. The fraction of sp³-hybridized carbons (Fsp3) is 0.316. The lowest BCUT2D eigenvalue weighted by atomic mass is 10.1. The molecule has 0 spiro atoms. The topological polar surface area (TPSA) is 57.7 Å². The molecule has 1 aliphatic heterocycles. The zero-order valence-corrected chi connectivity index (χ0v) is 17.1. The molecule has 5 nitrogen and oxygen atoms in total. The molecule has 1 aliphatic rings. The van der Waals surface area contributed by atoms with Crippen LogP contribution >= 0.6 is 11.6 Å². The summed E-state index contributed by atoms with van der Waals surface area (Å²) in [7, 11) is -4.09. The van der Waals surface area contributed by atoms with Gasteiger partial charge in [0.25, 0.3) is 0 Å². The number of carbonyl (C=O) groups is 1. The number of fused-ring (bicyclic) bond motifs is 1. The van der Waals surface area contributed by atoms with Gasteiger partial charge < -0.3 is 4.90 Å². The van der Waals surface area contributed by atoms with Crippen LogP contribution in [0.15, 0.2) is 42.5 Å². The van der Waals surface area contributed by atoms with Crippen molar-refractivity contribution in [1.29, 1.82) is 0 Å². The minimum atomic E-state index is -4.69. The van der Waals surface area contributed by atoms with E-state index in [9.17, 15) is 26.4 Å². The molecule has 0 fully saturated rings. The van der Waals surface area contributed by atoms with E-state index in [1.807, 2.05) is 19.1 Å². The predicted octanol–water partition coefficient (Wildman–Crippen LogP) is 4.10. The molecule has 2 aromatic carbocycles. The molecule has 0 aromatic heterocycles. The van der Waals surface area contributed by atoms with E-state index in [4.69, 9.17) is 11.6 Å². The molecule has 2 aromatic rings. The van der Waals surface area contributed by atoms with Gasteiger partial charge in [0.2, 0.25) is 15.9 Å². The molecule has 0 aliphatic carbocycles. The molecule has 29 heavy (non-hydrogen) atoms. The molecule has 1 atom stereocenters. The lowest BCUT2D eigenvalue weighted by Crippen LogP contribution is -2.45. The largest absolute Gasteiger partial charge is 0.416 e. The Morgan fingerprint density at radius 3 is 2.52 bits per heavy atom. The van der Waals surface area contributed by atoms with Crippen LogP contribution in [0.5, 0.6) is 0 Å². The molecule has 156 valence electrons. The molecular formula is C19H18ClF3N2O3S. The van der Waals surface area contributed by atoms with Gasteiger partial charge in [0.1, 0.15) is 6.54 Å². The van der Waals surface area contributed by atoms with Crippen molar-refractivity contribution < 1.29 is 26.4 Å². The Kier molecular flexibility index (Phi) is 5.57. The van der Waals surface area contributed by atoms with Gasteiger partial charge in [0.15, 0.2) is 0 Å². The molecule has 0 radical (unpaired) electrons. The zero-order chi connectivity index (χ0) is 21.6. The number of sulfonamides is 1. The van der Waals surface area contributed by atoms with E-state index in [1.165, 1.54) is 4.90 Å². The highest BCUT2D eigenvalue weighted by molar-refractivity contribution is 7.92. The number of alkyl halides is 3. The summed E-state index contributed by atoms with van der Waals surface area (Å²) in [5.41, 5.74) is 0.153. The molecule has 0 bridgehead atoms. The quantitative estimate of drug-likeness (QED) is 0.710. The van der Waals surface area contributed by atoms with Crippen LogP contribution in [0.25, 0.3) is 0 Å². The first-order valence-corrected chi connectivity index (χ1v) is 10.9. The number of rotatable bonds is 4. The fourth-order valence-electron chi connectivity index (χ4n) is 3.41. The molecular weight excluding hydrogens is 429 g/mol. The summed E-state index contributed by atoms with van der Waals surface area (Å²) < 4.78 is 64.6. The van der Waals surface area contributed by atoms with Crippen LogP contribution in [0.2, 0.25) is 5.02 Å². The van der Waals surface area contributed by atoms with E-state index >= 15 is 0 Å². The zero-order valence-electron chi connectivity index (χ0n) is 15.6. The molecule has 0 N–H and O–H groups in total. The van der Waals surface area contributed by atoms with Gasteiger partial charge in [-0.15, -0.1) is 0 Å². The third-order valence-electron chi connectivity index (χ3n) is 4.70. The van der Waals surface area contributed by atoms with E-state index in [0.717, 1.165) is 24.0 Å². The van der Waals surface area contributed by atoms with Crippen LogP contribution in [-0.4, -0.2) is 33.2 Å². The predicted molar refractivity (Wildman–Crippen MR) is 106 cm³/mol. The molecule has 10 heteroatoms. The van der Waals surface area contributed by atoms with Crippen LogP contribution < -0.4 is 9.21 Å². The maximum absolute atomic E-state index is 13.1. The van der Waals surface area contributed by atoms with Crippen LogP contribution in [0.4, 0.5) is 24.5 Å². The number of para-hydroxylation sites is 1. The highest BCUT2D eigenvalue weighted by atomic mass is 35.5. The number of nitrogens with zero attached hydrogens (tertiary/aromatic N) is 2. The van der Waals surface area contributed by atoms with E-state index in [2.05, 4.69) is 0 Å². The summed E-state index contributed by atoms with van der Waals surface area (Å²) in [4.78, 5) is 14.5. The molecule has 1 heterocycles. The first-order chi connectivity index (χ1) is 13.4. The molecule has 1 amide bonds. The standard InChI is InChI=1S/C19H18ClF3N2O3S/c1-12-9-13-5-3-4-6-16(13)25(12)18(26)11-24(29(2,27)28)17-10-14(19(21,22)23)7-8-15(17)20/h3-8,10,12H,9,11H2,1-2H3/t12-/m0/s1. The van der Waals surface area contributed by atoms with Crippen molar-refractivity contribution in [3.63, 3.8) is 0 Å². The van der Waals surface area contributed by atoms with E-state index in [-0.39, 0.29) is 11.1 Å². The van der Waals surface area contributed by atoms with Gasteiger partial charge in [0, 0.05) is 11.7 Å². The minimum absolute atomic E-state index is 0.203. The van der Waals surface area contributed by atoms with Crippen LogP contribution in [0.3, 0.4) is 0 Å². The summed E-state index contributed by atoms with van der Waals surface area (Å²) >= 11 is 6.00. The van der Waals surface area contributed by atoms with Gasteiger partial charge in [-0.3, -0.25) is 9.10 Å². The van der Waals surface area contributed by atoms with E-state index in [1.54, 1.807) is 12.1 Å². The third-order valence-corrected chi connectivity index (χ3v) is 6.14. The molecule has 0 unspecified atom stereocenters. The lowest BCUT2D eigenvalue weighted by molar-refractivity contribution is -0.137. The van der Waals surface area contributed by atoms with E-state index < -0.39 is 39.9 Å². The number of hydrogen-bond donors (Lipinski definition) is 0. The van der Waals surface area contributed by atoms with Gasteiger partial charge in [-0.25, -0.2) is 8.42 Å². The number of carbonyl (C=O) groups excluding carboxylic acids is 1. The van der Waals surface area contributed by atoms with Crippen molar-refractivity contribution >= 4 is 38.9 Å². The summed E-state index contributed by atoms with van der Waals surface area (Å²) in [6, 6.07) is 9.37. The van der Waals surface area contributed by atoms with Crippen molar-refractivity contribution in [2.45, 2.75) is 25.6 Å².